The van der Waals surface area contributed by atoms with Gasteiger partial charge in [0, 0.05) is 0 Å². The molecule has 146 valence electrons. The van der Waals surface area contributed by atoms with Gasteiger partial charge in [-0.3, -0.25) is 0 Å². The van der Waals surface area contributed by atoms with Crippen molar-refractivity contribution in [3.63, 3.8) is 0 Å². The van der Waals surface area contributed by atoms with Gasteiger partial charge in [-0.1, -0.05) is 39.3 Å². The minimum absolute atomic E-state index is 0.359. The number of allylic oxidation sites excluding steroid dienone is 2. The standard InChI is InChI=1S/C25H40O/c1-6-18-20-15(3)21(20)22-17-9-8-16-14-25(26,7-2)13-12-23(16,4)19(17)10-11-24(18,22)5/h6,15-17,19-22,26H,7-14H2,1-5H3/b18-6-/t15-,16+,17-,19+,20-,21-,22-,23+,24-,25+/m1/s1. The molecule has 0 spiro atoms. The van der Waals surface area contributed by atoms with E-state index >= 15 is 0 Å². The third-order valence-electron chi connectivity index (χ3n) is 10.9. The average molecular weight is 357 g/mol. The second-order valence-electron chi connectivity index (χ2n) is 11.5. The zero-order valence-corrected chi connectivity index (χ0v) is 17.7. The van der Waals surface area contributed by atoms with Crippen molar-refractivity contribution < 1.29 is 5.11 Å². The van der Waals surface area contributed by atoms with Crippen LogP contribution in [0.4, 0.5) is 0 Å². The van der Waals surface area contributed by atoms with E-state index in [9.17, 15) is 5.11 Å². The van der Waals surface area contributed by atoms with Crippen LogP contribution in [0.3, 0.4) is 0 Å². The van der Waals surface area contributed by atoms with Gasteiger partial charge in [-0.25, -0.2) is 0 Å². The summed E-state index contributed by atoms with van der Waals surface area (Å²) in [6, 6.07) is 0. The molecule has 5 aliphatic rings. The molecule has 0 aromatic carbocycles. The van der Waals surface area contributed by atoms with Gasteiger partial charge < -0.3 is 5.11 Å². The molecule has 0 aliphatic heterocycles. The Hall–Kier alpha value is -0.300. The van der Waals surface area contributed by atoms with E-state index in [1.807, 2.05) is 5.57 Å². The van der Waals surface area contributed by atoms with E-state index in [4.69, 9.17) is 0 Å². The van der Waals surface area contributed by atoms with E-state index < -0.39 is 0 Å². The summed E-state index contributed by atoms with van der Waals surface area (Å²) >= 11 is 0. The van der Waals surface area contributed by atoms with Crippen LogP contribution in [-0.2, 0) is 0 Å². The van der Waals surface area contributed by atoms with E-state index in [-0.39, 0.29) is 5.60 Å². The normalized spacial score (nSPS) is 62.2. The van der Waals surface area contributed by atoms with Gasteiger partial charge in [0.15, 0.2) is 0 Å². The zero-order valence-electron chi connectivity index (χ0n) is 17.7. The summed E-state index contributed by atoms with van der Waals surface area (Å²) in [7, 11) is 0. The summed E-state index contributed by atoms with van der Waals surface area (Å²) in [4.78, 5) is 0. The smallest absolute Gasteiger partial charge is 0.0648 e. The fourth-order valence-corrected chi connectivity index (χ4v) is 9.38. The first-order chi connectivity index (χ1) is 12.3. The molecule has 1 heteroatoms. The first-order valence-corrected chi connectivity index (χ1v) is 11.7. The molecule has 5 fully saturated rings. The highest BCUT2D eigenvalue weighted by atomic mass is 16.3. The minimum atomic E-state index is -0.359. The van der Waals surface area contributed by atoms with Crippen LogP contribution >= 0.6 is 0 Å². The molecule has 26 heavy (non-hydrogen) atoms. The maximum atomic E-state index is 11.0. The molecule has 10 atom stereocenters. The first kappa shape index (κ1) is 17.8. The lowest BCUT2D eigenvalue weighted by atomic mass is 9.43. The molecule has 0 aromatic rings. The van der Waals surface area contributed by atoms with Gasteiger partial charge in [0.25, 0.3) is 0 Å². The van der Waals surface area contributed by atoms with Crippen LogP contribution < -0.4 is 0 Å². The van der Waals surface area contributed by atoms with Crippen molar-refractivity contribution in [3.8, 4) is 0 Å². The number of rotatable bonds is 1. The first-order valence-electron chi connectivity index (χ1n) is 11.7. The number of hydrogen-bond donors (Lipinski definition) is 1. The van der Waals surface area contributed by atoms with Crippen LogP contribution in [0.1, 0.15) is 86.0 Å². The van der Waals surface area contributed by atoms with Crippen LogP contribution in [-0.4, -0.2) is 10.7 Å². The second kappa shape index (κ2) is 5.40. The Bertz CT molecular complexity index is 636. The minimum Gasteiger partial charge on any atom is -0.390 e. The van der Waals surface area contributed by atoms with Gasteiger partial charge >= 0.3 is 0 Å². The van der Waals surface area contributed by atoms with Crippen LogP contribution in [0.15, 0.2) is 11.6 Å². The third-order valence-corrected chi connectivity index (χ3v) is 10.9. The van der Waals surface area contributed by atoms with Gasteiger partial charge in [-0.05, 0) is 111 Å². The Morgan fingerprint density at radius 3 is 2.58 bits per heavy atom. The number of fused-ring (bicyclic) bond motifs is 7. The van der Waals surface area contributed by atoms with Gasteiger partial charge in [0.1, 0.15) is 0 Å². The van der Waals surface area contributed by atoms with E-state index in [0.29, 0.717) is 10.8 Å². The molecule has 0 saturated heterocycles. The topological polar surface area (TPSA) is 20.2 Å². The van der Waals surface area contributed by atoms with E-state index in [1.54, 1.807) is 0 Å². The summed E-state index contributed by atoms with van der Waals surface area (Å²) in [5, 5.41) is 11.0. The molecule has 0 amide bonds. The summed E-state index contributed by atoms with van der Waals surface area (Å²) in [6.45, 7) is 12.3. The van der Waals surface area contributed by atoms with Crippen molar-refractivity contribution in [3.05, 3.63) is 11.6 Å². The molecular formula is C25H40O. The van der Waals surface area contributed by atoms with Crippen molar-refractivity contribution in [1.82, 2.24) is 0 Å². The summed E-state index contributed by atoms with van der Waals surface area (Å²) in [5.74, 6) is 6.47. The molecule has 1 nitrogen and oxygen atoms in total. The molecule has 5 saturated carbocycles. The fraction of sp³-hybridized carbons (Fsp3) is 0.920. The summed E-state index contributed by atoms with van der Waals surface area (Å²) in [6.07, 6.45) is 12.5. The lowest BCUT2D eigenvalue weighted by Gasteiger charge is -2.62. The molecule has 5 rings (SSSR count). The Morgan fingerprint density at radius 1 is 1.12 bits per heavy atom. The highest BCUT2D eigenvalue weighted by Gasteiger charge is 2.71. The van der Waals surface area contributed by atoms with E-state index in [1.165, 1.54) is 32.1 Å². The molecule has 0 aromatic heterocycles. The molecule has 0 unspecified atom stereocenters. The van der Waals surface area contributed by atoms with E-state index in [2.05, 4.69) is 40.7 Å². The van der Waals surface area contributed by atoms with Crippen molar-refractivity contribution in [2.24, 2.45) is 52.3 Å². The van der Waals surface area contributed by atoms with Crippen LogP contribution in [0, 0.1) is 52.3 Å². The molecular weight excluding hydrogens is 316 g/mol. The Labute approximate surface area is 161 Å². The summed E-state index contributed by atoms with van der Waals surface area (Å²) in [5.41, 5.74) is 2.49. The lowest BCUT2D eigenvalue weighted by molar-refractivity contribution is -0.148. The Kier molecular flexibility index (Phi) is 3.69. The quantitative estimate of drug-likeness (QED) is 0.553. The predicted molar refractivity (Wildman–Crippen MR) is 108 cm³/mol. The highest BCUT2D eigenvalue weighted by Crippen LogP contribution is 2.77. The van der Waals surface area contributed by atoms with E-state index in [0.717, 1.165) is 60.7 Å². The van der Waals surface area contributed by atoms with Crippen molar-refractivity contribution >= 4 is 0 Å². The monoisotopic (exact) mass is 356 g/mol. The Balaban J connectivity index is 1.47. The second-order valence-corrected chi connectivity index (χ2v) is 11.5. The van der Waals surface area contributed by atoms with Crippen molar-refractivity contribution in [1.29, 1.82) is 0 Å². The Morgan fingerprint density at radius 2 is 1.88 bits per heavy atom. The van der Waals surface area contributed by atoms with Gasteiger partial charge in [0.2, 0.25) is 0 Å². The molecule has 5 aliphatic carbocycles. The molecule has 0 radical (unpaired) electrons. The summed E-state index contributed by atoms with van der Waals surface area (Å²) < 4.78 is 0. The zero-order chi connectivity index (χ0) is 18.5. The number of aliphatic hydroxyl groups is 1. The van der Waals surface area contributed by atoms with Crippen LogP contribution in [0.5, 0.6) is 0 Å². The average Bonchev–Trinajstić information content (AvgIpc) is 3.15. The largest absolute Gasteiger partial charge is 0.390 e. The number of hydrogen-bond acceptors (Lipinski definition) is 1. The maximum absolute atomic E-state index is 11.0. The highest BCUT2D eigenvalue weighted by molar-refractivity contribution is 5.36. The predicted octanol–water partition coefficient (Wildman–Crippen LogP) is 6.22. The van der Waals surface area contributed by atoms with Crippen LogP contribution in [0.2, 0.25) is 0 Å². The van der Waals surface area contributed by atoms with Gasteiger partial charge in [-0.15, -0.1) is 0 Å². The fourth-order valence-electron chi connectivity index (χ4n) is 9.38. The van der Waals surface area contributed by atoms with Gasteiger partial charge in [-0.2, -0.15) is 0 Å². The van der Waals surface area contributed by atoms with Crippen LogP contribution in [0.25, 0.3) is 0 Å². The molecule has 0 bridgehead atoms. The third kappa shape index (κ3) is 2.02. The maximum Gasteiger partial charge on any atom is 0.0648 e. The molecule has 1 N–H and O–H groups in total. The lowest BCUT2D eigenvalue weighted by Crippen LogP contribution is -2.56. The van der Waals surface area contributed by atoms with Crippen molar-refractivity contribution in [2.45, 2.75) is 91.6 Å². The van der Waals surface area contributed by atoms with Crippen molar-refractivity contribution in [2.75, 3.05) is 0 Å². The molecule has 0 heterocycles. The van der Waals surface area contributed by atoms with Gasteiger partial charge in [0.05, 0.1) is 5.60 Å². The SMILES string of the molecule is C/C=C1/[C@H]2[C@@H](C)[C@H]2[C@H]2[C@@H]3CC[C@H]4C[C@](O)(CC)CC[C@]4(C)[C@H]3CC[C@]12C.